The standard InChI is InChI=1S/C3Cl7.Na/c4-1(5)2(6,7)3(8,9)10;/q-1;+1. The van der Waals surface area contributed by atoms with Crippen molar-refractivity contribution in [1.82, 2.24) is 0 Å². The normalized spacial score (nSPS) is 13.1. The molecule has 0 rings (SSSR count). The number of halogens is 7. The van der Waals surface area contributed by atoms with E-state index in [1.807, 2.05) is 0 Å². The minimum Gasteiger partial charge on any atom is -0.326 e. The molecule has 0 unspecified atom stereocenters. The van der Waals surface area contributed by atoms with Crippen molar-refractivity contribution in [2.24, 2.45) is 0 Å². The van der Waals surface area contributed by atoms with Crippen molar-refractivity contribution in [3.8, 4) is 0 Å². The minimum absolute atomic E-state index is 0. The van der Waals surface area contributed by atoms with Gasteiger partial charge >= 0.3 is 29.6 Å². The molecular weight excluding hydrogens is 307 g/mol. The maximum absolute atomic E-state index is 5.42. The Morgan fingerprint density at radius 1 is 0.818 bits per heavy atom. The molecule has 0 saturated heterocycles. The third-order valence-corrected chi connectivity index (χ3v) is 3.92. The van der Waals surface area contributed by atoms with Crippen LogP contribution in [0.1, 0.15) is 0 Å². The molecule has 0 radical (unpaired) electrons. The predicted octanol–water partition coefficient (Wildman–Crippen LogP) is 1.50. The summed E-state index contributed by atoms with van der Waals surface area (Å²) < 4.78 is -3.81. The minimum atomic E-state index is -1.94. The van der Waals surface area contributed by atoms with Crippen LogP contribution >= 0.6 is 81.2 Å². The summed E-state index contributed by atoms with van der Waals surface area (Å²) in [6.07, 6.45) is 0. The molecule has 0 aliphatic rings. The van der Waals surface area contributed by atoms with Gasteiger partial charge in [0.25, 0.3) is 0 Å². The van der Waals surface area contributed by atoms with Crippen LogP contribution in [0.5, 0.6) is 0 Å². The second-order valence-corrected chi connectivity index (χ2v) is 5.89. The molecule has 0 amide bonds. The first-order chi connectivity index (χ1) is 4.19. The van der Waals surface area contributed by atoms with Crippen LogP contribution in [-0.4, -0.2) is 8.13 Å². The molecule has 0 aromatic heterocycles. The zero-order chi connectivity index (χ0) is 8.58. The molecular formula is C3Cl7Na. The number of hydrogen-bond acceptors (Lipinski definition) is 0. The van der Waals surface area contributed by atoms with E-state index in [0.29, 0.717) is 0 Å². The van der Waals surface area contributed by atoms with Crippen molar-refractivity contribution in [2.75, 3.05) is 0 Å². The van der Waals surface area contributed by atoms with Crippen LogP contribution in [0.25, 0.3) is 0 Å². The Morgan fingerprint density at radius 2 is 1.09 bits per heavy atom. The molecule has 0 heterocycles. The van der Waals surface area contributed by atoms with Crippen LogP contribution in [0.15, 0.2) is 0 Å². The predicted molar refractivity (Wildman–Crippen MR) is 49.7 cm³/mol. The topological polar surface area (TPSA) is 0 Å². The van der Waals surface area contributed by atoms with Gasteiger partial charge in [-0.05, 0) is 0 Å². The van der Waals surface area contributed by atoms with Crippen molar-refractivity contribution in [2.45, 2.75) is 8.13 Å². The van der Waals surface area contributed by atoms with Gasteiger partial charge in [-0.15, -0.1) is 28.0 Å². The molecule has 0 saturated carbocycles. The Bertz CT molecular complexity index is 115. The molecule has 0 atom stereocenters. The first kappa shape index (κ1) is 16.5. The SMILES string of the molecule is Cl[C-](Cl)C(Cl)(Cl)C(Cl)(Cl)Cl.[Na+]. The van der Waals surface area contributed by atoms with Crippen LogP contribution in [0.4, 0.5) is 0 Å². The van der Waals surface area contributed by atoms with Crippen molar-refractivity contribution >= 4 is 81.2 Å². The van der Waals surface area contributed by atoms with Crippen molar-refractivity contribution in [3.05, 3.63) is 4.84 Å². The summed E-state index contributed by atoms with van der Waals surface area (Å²) in [7, 11) is 0. The largest absolute Gasteiger partial charge is 1.00 e. The van der Waals surface area contributed by atoms with E-state index in [0.717, 1.165) is 0 Å². The van der Waals surface area contributed by atoms with E-state index >= 15 is 0 Å². The number of rotatable bonds is 1. The second-order valence-electron chi connectivity index (χ2n) is 1.33. The van der Waals surface area contributed by atoms with E-state index in [9.17, 15) is 0 Å². The fourth-order valence-electron chi connectivity index (χ4n) is 0.107. The van der Waals surface area contributed by atoms with Gasteiger partial charge in [0.05, 0.1) is 4.33 Å². The van der Waals surface area contributed by atoms with Gasteiger partial charge in [-0.25, -0.2) is 0 Å². The summed E-state index contributed by atoms with van der Waals surface area (Å²) in [5, 5.41) is 0. The van der Waals surface area contributed by atoms with E-state index in [1.165, 1.54) is 0 Å². The van der Waals surface area contributed by atoms with E-state index in [4.69, 9.17) is 81.2 Å². The average Bonchev–Trinajstić information content (AvgIpc) is 1.62. The molecule has 11 heavy (non-hydrogen) atoms. The average molecular weight is 307 g/mol. The third kappa shape index (κ3) is 4.88. The summed E-state index contributed by atoms with van der Waals surface area (Å²) in [6.45, 7) is 0. The molecule has 0 aromatic rings. The fraction of sp³-hybridized carbons (Fsp3) is 0.667. The fourth-order valence-corrected chi connectivity index (χ4v) is 0.964. The van der Waals surface area contributed by atoms with Crippen LogP contribution in [0.3, 0.4) is 0 Å². The molecule has 0 spiro atoms. The smallest absolute Gasteiger partial charge is 0.326 e. The molecule has 0 aliphatic carbocycles. The van der Waals surface area contributed by atoms with Crippen molar-refractivity contribution in [3.63, 3.8) is 0 Å². The maximum Gasteiger partial charge on any atom is 1.00 e. The summed E-state index contributed by atoms with van der Waals surface area (Å²) >= 11 is 37.2. The Morgan fingerprint density at radius 3 is 1.09 bits per heavy atom. The molecule has 0 aliphatic heterocycles. The van der Waals surface area contributed by atoms with Crippen LogP contribution in [-0.2, 0) is 0 Å². The summed E-state index contributed by atoms with van der Waals surface area (Å²) in [4.78, 5) is -0.407. The zero-order valence-corrected chi connectivity index (χ0v) is 12.4. The molecule has 0 nitrogen and oxygen atoms in total. The Balaban J connectivity index is 0. The van der Waals surface area contributed by atoms with Crippen LogP contribution in [0.2, 0.25) is 0 Å². The van der Waals surface area contributed by atoms with Gasteiger partial charge in [-0.2, -0.15) is 0 Å². The van der Waals surface area contributed by atoms with Gasteiger partial charge in [0, 0.05) is 0 Å². The van der Waals surface area contributed by atoms with Crippen molar-refractivity contribution in [1.29, 1.82) is 0 Å². The van der Waals surface area contributed by atoms with E-state index in [-0.39, 0.29) is 29.6 Å². The van der Waals surface area contributed by atoms with E-state index in [2.05, 4.69) is 0 Å². The molecule has 0 fully saturated rings. The maximum atomic E-state index is 5.42. The Hall–Kier alpha value is 3.03. The van der Waals surface area contributed by atoms with Gasteiger partial charge in [0.1, 0.15) is 0 Å². The first-order valence-corrected chi connectivity index (χ1v) is 4.47. The first-order valence-electron chi connectivity index (χ1n) is 1.82. The van der Waals surface area contributed by atoms with Crippen LogP contribution < -0.4 is 29.6 Å². The quantitative estimate of drug-likeness (QED) is 0.391. The summed E-state index contributed by atoms with van der Waals surface area (Å²) in [5.41, 5.74) is 0. The van der Waals surface area contributed by atoms with Gasteiger partial charge < -0.3 is 23.2 Å². The van der Waals surface area contributed by atoms with Gasteiger partial charge in [0.2, 0.25) is 0 Å². The molecule has 8 heteroatoms. The number of hydrogen-bond donors (Lipinski definition) is 0. The van der Waals surface area contributed by atoms with Gasteiger partial charge in [-0.1, -0.05) is 34.8 Å². The summed E-state index contributed by atoms with van der Waals surface area (Å²) in [6, 6.07) is 0. The van der Waals surface area contributed by atoms with Crippen molar-refractivity contribution < 1.29 is 29.6 Å². The van der Waals surface area contributed by atoms with E-state index in [1.54, 1.807) is 0 Å². The second kappa shape index (κ2) is 5.80. The van der Waals surface area contributed by atoms with Gasteiger partial charge in [-0.3, -0.25) is 0 Å². The Labute approximate surface area is 122 Å². The Kier molecular flexibility index (Phi) is 8.68. The van der Waals surface area contributed by atoms with Crippen LogP contribution in [0, 0.1) is 4.84 Å². The molecule has 0 N–H and O–H groups in total. The monoisotopic (exact) mass is 304 g/mol. The molecule has 0 aromatic carbocycles. The molecule has 0 bridgehead atoms. The number of alkyl halides is 5. The zero-order valence-electron chi connectivity index (χ0n) is 5.15. The third-order valence-electron chi connectivity index (χ3n) is 0.593. The summed E-state index contributed by atoms with van der Waals surface area (Å²) in [5.74, 6) is 0. The van der Waals surface area contributed by atoms with E-state index < -0.39 is 13.0 Å². The van der Waals surface area contributed by atoms with Gasteiger partial charge in [0.15, 0.2) is 3.79 Å². The molecule has 62 valence electrons.